The first-order valence-electron chi connectivity index (χ1n) is 5.62. The number of carbonyl (C=O) groups is 1. The van der Waals surface area contributed by atoms with Crippen molar-refractivity contribution < 1.29 is 9.53 Å². The molecule has 1 aromatic carbocycles. The maximum absolute atomic E-state index is 12.0. The van der Waals surface area contributed by atoms with Crippen LogP contribution in [0.1, 0.15) is 9.67 Å². The minimum Gasteiger partial charge on any atom is -0.486 e. The van der Waals surface area contributed by atoms with Crippen molar-refractivity contribution in [3.8, 4) is 5.75 Å². The molecule has 0 saturated heterocycles. The molecule has 0 atom stereocenters. The van der Waals surface area contributed by atoms with Crippen molar-refractivity contribution in [2.75, 3.05) is 11.9 Å². The maximum Gasteiger partial charge on any atom is 0.265 e. The summed E-state index contributed by atoms with van der Waals surface area (Å²) >= 11 is 11.8. The zero-order valence-electron chi connectivity index (χ0n) is 10.3. The van der Waals surface area contributed by atoms with E-state index in [1.807, 2.05) is 0 Å². The lowest BCUT2D eigenvalue weighted by atomic mass is 10.3. The molecular formula is C13H11ClN2O2S2. The van der Waals surface area contributed by atoms with Gasteiger partial charge < -0.3 is 15.8 Å². The summed E-state index contributed by atoms with van der Waals surface area (Å²) in [4.78, 5) is 12.8. The first-order chi connectivity index (χ1) is 9.54. The number of thiocarbonyl (C=S) groups is 1. The summed E-state index contributed by atoms with van der Waals surface area (Å²) in [7, 11) is 0. The molecule has 0 fully saturated rings. The molecule has 0 aliphatic carbocycles. The number of nitrogens with one attached hydrogen (secondary N) is 1. The molecule has 0 radical (unpaired) electrons. The minimum atomic E-state index is -0.214. The van der Waals surface area contributed by atoms with E-state index in [0.29, 0.717) is 20.7 Å². The highest BCUT2D eigenvalue weighted by Gasteiger charge is 2.09. The average molecular weight is 327 g/mol. The highest BCUT2D eigenvalue weighted by atomic mass is 35.5. The quantitative estimate of drug-likeness (QED) is 0.827. The topological polar surface area (TPSA) is 64.3 Å². The van der Waals surface area contributed by atoms with Crippen LogP contribution in [0.4, 0.5) is 5.69 Å². The lowest BCUT2D eigenvalue weighted by Gasteiger charge is -2.08. The van der Waals surface area contributed by atoms with Gasteiger partial charge in [-0.15, -0.1) is 11.3 Å². The number of amides is 1. The van der Waals surface area contributed by atoms with Gasteiger partial charge in [0.2, 0.25) is 0 Å². The van der Waals surface area contributed by atoms with Crippen molar-refractivity contribution in [3.05, 3.63) is 45.6 Å². The molecular weight excluding hydrogens is 316 g/mol. The molecule has 1 aromatic heterocycles. The number of rotatable bonds is 5. The number of anilines is 1. The van der Waals surface area contributed by atoms with Gasteiger partial charge in [0.1, 0.15) is 17.3 Å². The summed E-state index contributed by atoms with van der Waals surface area (Å²) in [5.74, 6) is 0.369. The molecule has 2 rings (SSSR count). The monoisotopic (exact) mass is 326 g/mol. The van der Waals surface area contributed by atoms with Crippen LogP contribution in [-0.2, 0) is 0 Å². The van der Waals surface area contributed by atoms with Crippen molar-refractivity contribution >= 4 is 51.7 Å². The van der Waals surface area contributed by atoms with Crippen molar-refractivity contribution in [3.63, 3.8) is 0 Å². The maximum atomic E-state index is 12.0. The van der Waals surface area contributed by atoms with E-state index in [1.165, 1.54) is 11.3 Å². The van der Waals surface area contributed by atoms with Gasteiger partial charge in [0, 0.05) is 11.8 Å². The molecule has 4 nitrogen and oxygen atoms in total. The number of halogens is 1. The van der Waals surface area contributed by atoms with Gasteiger partial charge in [-0.2, -0.15) is 0 Å². The Hall–Kier alpha value is -1.63. The highest BCUT2D eigenvalue weighted by Crippen LogP contribution is 2.23. The molecule has 0 saturated carbocycles. The van der Waals surface area contributed by atoms with E-state index in [-0.39, 0.29) is 17.5 Å². The molecule has 0 spiro atoms. The summed E-state index contributed by atoms with van der Waals surface area (Å²) in [6.07, 6.45) is 0. The van der Waals surface area contributed by atoms with Gasteiger partial charge in [0.05, 0.1) is 9.21 Å². The third-order valence-electron chi connectivity index (χ3n) is 2.27. The van der Waals surface area contributed by atoms with Crippen LogP contribution in [-0.4, -0.2) is 17.5 Å². The largest absolute Gasteiger partial charge is 0.486 e. The lowest BCUT2D eigenvalue weighted by Crippen LogP contribution is -2.18. The molecule has 1 amide bonds. The highest BCUT2D eigenvalue weighted by molar-refractivity contribution is 7.80. The fraction of sp³-hybridized carbons (Fsp3) is 0.0769. The van der Waals surface area contributed by atoms with E-state index >= 15 is 0 Å². The fourth-order valence-corrected chi connectivity index (χ4v) is 2.44. The number of hydrogen-bond donors (Lipinski definition) is 2. The molecule has 104 valence electrons. The molecule has 0 aliphatic rings. The van der Waals surface area contributed by atoms with Gasteiger partial charge in [-0.3, -0.25) is 4.79 Å². The predicted octanol–water partition coefficient (Wildman–Crippen LogP) is 3.32. The van der Waals surface area contributed by atoms with Crippen LogP contribution in [0.25, 0.3) is 0 Å². The van der Waals surface area contributed by atoms with Crippen molar-refractivity contribution in [1.29, 1.82) is 0 Å². The fourth-order valence-electron chi connectivity index (χ4n) is 1.45. The van der Waals surface area contributed by atoms with Gasteiger partial charge in [0.25, 0.3) is 5.91 Å². The zero-order chi connectivity index (χ0) is 14.5. The Morgan fingerprint density at radius 2 is 2.20 bits per heavy atom. The first-order valence-corrected chi connectivity index (χ1v) is 7.23. The van der Waals surface area contributed by atoms with Crippen LogP contribution in [0.2, 0.25) is 4.34 Å². The molecule has 0 unspecified atom stereocenters. The molecule has 20 heavy (non-hydrogen) atoms. The standard InChI is InChI=1S/C13H11ClN2O2S2/c14-11-5-4-10(20-11)13(17)16-8-2-1-3-9(6-8)18-7-12(15)19/h1-6H,7H2,(H2,15,19)(H,16,17). The first kappa shape index (κ1) is 14.8. The summed E-state index contributed by atoms with van der Waals surface area (Å²) in [6, 6.07) is 10.4. The smallest absolute Gasteiger partial charge is 0.265 e. The second-order valence-corrected chi connectivity index (χ2v) is 6.08. The SMILES string of the molecule is NC(=S)COc1cccc(NC(=O)c2ccc(Cl)s2)c1. The number of benzene rings is 1. The van der Waals surface area contributed by atoms with E-state index in [1.54, 1.807) is 36.4 Å². The van der Waals surface area contributed by atoms with Crippen LogP contribution in [0.5, 0.6) is 5.75 Å². The molecule has 3 N–H and O–H groups in total. The average Bonchev–Trinajstić information content (AvgIpc) is 2.84. The Morgan fingerprint density at radius 3 is 2.85 bits per heavy atom. The summed E-state index contributed by atoms with van der Waals surface area (Å²) in [6.45, 7) is 0.160. The lowest BCUT2D eigenvalue weighted by molar-refractivity contribution is 0.103. The summed E-state index contributed by atoms with van der Waals surface area (Å²) in [5.41, 5.74) is 5.99. The van der Waals surface area contributed by atoms with Gasteiger partial charge in [-0.1, -0.05) is 29.9 Å². The van der Waals surface area contributed by atoms with Crippen LogP contribution in [0.15, 0.2) is 36.4 Å². The Balaban J connectivity index is 2.04. The van der Waals surface area contributed by atoms with Gasteiger partial charge in [0.15, 0.2) is 0 Å². The van der Waals surface area contributed by atoms with E-state index < -0.39 is 0 Å². The Bertz CT molecular complexity index is 643. The van der Waals surface area contributed by atoms with Crippen molar-refractivity contribution in [1.82, 2.24) is 0 Å². The van der Waals surface area contributed by atoms with Crippen molar-refractivity contribution in [2.45, 2.75) is 0 Å². The Morgan fingerprint density at radius 1 is 1.40 bits per heavy atom. The van der Waals surface area contributed by atoms with E-state index in [0.717, 1.165) is 0 Å². The Labute approximate surface area is 130 Å². The van der Waals surface area contributed by atoms with Crippen LogP contribution >= 0.6 is 35.2 Å². The summed E-state index contributed by atoms with van der Waals surface area (Å²) < 4.78 is 5.94. The molecule has 0 aliphatic heterocycles. The number of thiophene rings is 1. The Kier molecular flexibility index (Phi) is 4.94. The second kappa shape index (κ2) is 6.69. The van der Waals surface area contributed by atoms with Crippen molar-refractivity contribution in [2.24, 2.45) is 5.73 Å². The van der Waals surface area contributed by atoms with Crippen LogP contribution in [0.3, 0.4) is 0 Å². The van der Waals surface area contributed by atoms with E-state index in [4.69, 9.17) is 34.3 Å². The number of carbonyl (C=O) groups excluding carboxylic acids is 1. The molecule has 2 aromatic rings. The number of nitrogens with two attached hydrogens (primary N) is 1. The molecule has 7 heteroatoms. The third-order valence-corrected chi connectivity index (χ3v) is 3.62. The van der Waals surface area contributed by atoms with Gasteiger partial charge in [-0.25, -0.2) is 0 Å². The molecule has 0 bridgehead atoms. The predicted molar refractivity (Wildman–Crippen MR) is 86.0 cm³/mol. The van der Waals surface area contributed by atoms with Crippen LogP contribution < -0.4 is 15.8 Å². The second-order valence-electron chi connectivity index (χ2n) is 3.84. The van der Waals surface area contributed by atoms with E-state index in [2.05, 4.69) is 5.32 Å². The van der Waals surface area contributed by atoms with E-state index in [9.17, 15) is 4.79 Å². The van der Waals surface area contributed by atoms with Gasteiger partial charge in [-0.05, 0) is 24.3 Å². The zero-order valence-corrected chi connectivity index (χ0v) is 12.6. The summed E-state index contributed by atoms with van der Waals surface area (Å²) in [5, 5.41) is 2.77. The van der Waals surface area contributed by atoms with Gasteiger partial charge >= 0.3 is 0 Å². The normalized spacial score (nSPS) is 10.1. The third kappa shape index (κ3) is 4.19. The number of hydrogen-bond acceptors (Lipinski definition) is 4. The molecule has 1 heterocycles. The van der Waals surface area contributed by atoms with Crippen LogP contribution in [0, 0.1) is 0 Å². The number of ether oxygens (including phenoxy) is 1. The minimum absolute atomic E-state index is 0.160.